The molecule has 1 aliphatic heterocycles. The molecule has 5 atom stereocenters. The molecule has 1 aromatic carbocycles. The normalized spacial score (nSPS) is 32.7. The lowest BCUT2D eigenvalue weighted by atomic mass is 9.99. The van der Waals surface area contributed by atoms with E-state index in [1.54, 1.807) is 0 Å². The largest absolute Gasteiger partial charge is 0.462 e. The summed E-state index contributed by atoms with van der Waals surface area (Å²) in [6.07, 6.45) is -6.75. The molecule has 0 aromatic heterocycles. The predicted octanol–water partition coefficient (Wildman–Crippen LogP) is -2.04. The molecule has 0 radical (unpaired) electrons. The van der Waals surface area contributed by atoms with Crippen molar-refractivity contribution in [3.63, 3.8) is 0 Å². The number of carbonyl (C=O) groups is 1. The maximum Gasteiger partial charge on any atom is 0.248 e. The number of benzene rings is 1. The quantitative estimate of drug-likeness (QED) is 0.431. The summed E-state index contributed by atoms with van der Waals surface area (Å²) in [5, 5.41) is 38.1. The summed E-state index contributed by atoms with van der Waals surface area (Å²) >= 11 is 0. The minimum Gasteiger partial charge on any atom is -0.462 e. The zero-order valence-corrected chi connectivity index (χ0v) is 11.0. The van der Waals surface area contributed by atoms with Gasteiger partial charge in [-0.15, -0.1) is 0 Å². The molecule has 1 heterocycles. The highest BCUT2D eigenvalue weighted by Gasteiger charge is 2.44. The number of nitrogens with two attached hydrogens (primary N) is 1. The Morgan fingerprint density at radius 1 is 1.14 bits per heavy atom. The maximum absolute atomic E-state index is 10.9. The van der Waals surface area contributed by atoms with Crippen molar-refractivity contribution in [2.75, 3.05) is 6.61 Å². The first-order valence-corrected chi connectivity index (χ1v) is 6.31. The lowest BCUT2D eigenvalue weighted by Gasteiger charge is -2.39. The van der Waals surface area contributed by atoms with E-state index in [9.17, 15) is 20.1 Å². The zero-order valence-electron chi connectivity index (χ0n) is 11.0. The lowest BCUT2D eigenvalue weighted by Crippen LogP contribution is -2.60. The summed E-state index contributed by atoms with van der Waals surface area (Å²) in [5.74, 6) is -0.321. The fourth-order valence-corrected chi connectivity index (χ4v) is 2.00. The number of aliphatic hydroxyl groups is 4. The van der Waals surface area contributed by atoms with E-state index in [1.165, 1.54) is 24.3 Å². The van der Waals surface area contributed by atoms with Gasteiger partial charge in [0, 0.05) is 5.56 Å². The minimum absolute atomic E-state index is 0.268. The minimum atomic E-state index is -1.51. The molecule has 1 amide bonds. The van der Waals surface area contributed by atoms with Crippen molar-refractivity contribution in [3.8, 4) is 5.75 Å². The first-order chi connectivity index (χ1) is 9.93. The van der Waals surface area contributed by atoms with Crippen LogP contribution < -0.4 is 10.5 Å². The summed E-state index contributed by atoms with van der Waals surface area (Å²) in [5.41, 5.74) is 5.39. The van der Waals surface area contributed by atoms with Gasteiger partial charge in [-0.25, -0.2) is 0 Å². The van der Waals surface area contributed by atoms with E-state index in [-0.39, 0.29) is 11.3 Å². The van der Waals surface area contributed by atoms with Crippen LogP contribution in [0.4, 0.5) is 0 Å². The number of rotatable bonds is 4. The van der Waals surface area contributed by atoms with Gasteiger partial charge < -0.3 is 35.6 Å². The Balaban J connectivity index is 2.08. The Labute approximate surface area is 120 Å². The second-order valence-electron chi connectivity index (χ2n) is 4.70. The van der Waals surface area contributed by atoms with Crippen LogP contribution in [0.25, 0.3) is 0 Å². The van der Waals surface area contributed by atoms with Crippen molar-refractivity contribution in [2.24, 2.45) is 5.73 Å². The summed E-state index contributed by atoms with van der Waals surface area (Å²) in [6.45, 7) is -0.536. The fourth-order valence-electron chi connectivity index (χ4n) is 2.00. The summed E-state index contributed by atoms with van der Waals surface area (Å²) in [7, 11) is 0. The van der Waals surface area contributed by atoms with Crippen molar-refractivity contribution < 1.29 is 34.7 Å². The molecule has 1 saturated heterocycles. The average Bonchev–Trinajstić information content (AvgIpc) is 2.48. The van der Waals surface area contributed by atoms with Gasteiger partial charge in [-0.05, 0) is 24.3 Å². The third-order valence-corrected chi connectivity index (χ3v) is 3.24. The van der Waals surface area contributed by atoms with Crippen LogP contribution in [0, 0.1) is 0 Å². The molecule has 0 bridgehead atoms. The number of ether oxygens (including phenoxy) is 2. The Hall–Kier alpha value is -1.71. The van der Waals surface area contributed by atoms with Gasteiger partial charge in [0.15, 0.2) is 0 Å². The Kier molecular flexibility index (Phi) is 4.76. The van der Waals surface area contributed by atoms with Crippen molar-refractivity contribution >= 4 is 5.91 Å². The van der Waals surface area contributed by atoms with Crippen molar-refractivity contribution in [1.82, 2.24) is 0 Å². The van der Waals surface area contributed by atoms with Gasteiger partial charge in [0.05, 0.1) is 6.61 Å². The molecule has 1 fully saturated rings. The third kappa shape index (κ3) is 3.31. The molecule has 0 spiro atoms. The van der Waals surface area contributed by atoms with Crippen LogP contribution in [0.3, 0.4) is 0 Å². The predicted molar refractivity (Wildman–Crippen MR) is 69.4 cm³/mol. The van der Waals surface area contributed by atoms with Crippen molar-refractivity contribution in [1.29, 1.82) is 0 Å². The van der Waals surface area contributed by atoms with E-state index in [0.29, 0.717) is 0 Å². The van der Waals surface area contributed by atoms with E-state index in [4.69, 9.17) is 20.3 Å². The third-order valence-electron chi connectivity index (χ3n) is 3.24. The molecule has 8 heteroatoms. The topological polar surface area (TPSA) is 142 Å². The highest BCUT2D eigenvalue weighted by atomic mass is 16.7. The van der Waals surface area contributed by atoms with Gasteiger partial charge in [-0.2, -0.15) is 0 Å². The summed E-state index contributed by atoms with van der Waals surface area (Å²) < 4.78 is 10.5. The number of hydrogen-bond acceptors (Lipinski definition) is 7. The molecule has 21 heavy (non-hydrogen) atoms. The zero-order chi connectivity index (χ0) is 15.6. The Morgan fingerprint density at radius 3 is 2.29 bits per heavy atom. The van der Waals surface area contributed by atoms with Crippen molar-refractivity contribution in [3.05, 3.63) is 29.8 Å². The van der Waals surface area contributed by atoms with Gasteiger partial charge >= 0.3 is 0 Å². The van der Waals surface area contributed by atoms with E-state index in [1.807, 2.05) is 0 Å². The molecule has 2 rings (SSSR count). The van der Waals surface area contributed by atoms with E-state index >= 15 is 0 Å². The van der Waals surface area contributed by atoms with Gasteiger partial charge in [0.2, 0.25) is 12.2 Å². The van der Waals surface area contributed by atoms with E-state index in [2.05, 4.69) is 0 Å². The highest BCUT2D eigenvalue weighted by Crippen LogP contribution is 2.24. The first-order valence-electron chi connectivity index (χ1n) is 6.31. The summed E-state index contributed by atoms with van der Waals surface area (Å²) in [4.78, 5) is 10.9. The van der Waals surface area contributed by atoms with Crippen LogP contribution in [0.15, 0.2) is 24.3 Å². The standard InChI is InChI=1S/C13H17NO7/c14-12(19)6-1-3-7(4-2-6)20-13-11(18)10(17)9(16)8(5-15)21-13/h1-4,8-11,13,15-18H,5H2,(H2,14,19)/t8-,9-,10+,11+,13+/m1/s1. The number of hydrogen-bond donors (Lipinski definition) is 5. The Bertz CT molecular complexity index is 490. The lowest BCUT2D eigenvalue weighted by molar-refractivity contribution is -0.277. The SMILES string of the molecule is NC(=O)c1ccc(O[C@H]2O[C@H](CO)[C@@H](O)[C@H](O)[C@@H]2O)cc1. The van der Waals surface area contributed by atoms with Crippen LogP contribution in [-0.2, 0) is 4.74 Å². The molecule has 6 N–H and O–H groups in total. The van der Waals surface area contributed by atoms with Gasteiger partial charge in [0.1, 0.15) is 30.2 Å². The molecule has 1 aromatic rings. The monoisotopic (exact) mass is 299 g/mol. The van der Waals surface area contributed by atoms with Crippen LogP contribution in [0.5, 0.6) is 5.75 Å². The van der Waals surface area contributed by atoms with Crippen LogP contribution in [-0.4, -0.2) is 63.6 Å². The number of aliphatic hydroxyl groups excluding tert-OH is 4. The molecule has 8 nitrogen and oxygen atoms in total. The van der Waals surface area contributed by atoms with E-state index in [0.717, 1.165) is 0 Å². The molecule has 0 unspecified atom stereocenters. The van der Waals surface area contributed by atoms with Crippen LogP contribution >= 0.6 is 0 Å². The van der Waals surface area contributed by atoms with Crippen LogP contribution in [0.2, 0.25) is 0 Å². The maximum atomic E-state index is 10.9. The molecule has 0 aliphatic carbocycles. The van der Waals surface area contributed by atoms with Crippen LogP contribution in [0.1, 0.15) is 10.4 Å². The number of carbonyl (C=O) groups excluding carboxylic acids is 1. The average molecular weight is 299 g/mol. The highest BCUT2D eigenvalue weighted by molar-refractivity contribution is 5.92. The van der Waals surface area contributed by atoms with E-state index < -0.39 is 43.2 Å². The Morgan fingerprint density at radius 2 is 1.76 bits per heavy atom. The summed E-state index contributed by atoms with van der Waals surface area (Å²) in [6, 6.07) is 5.76. The number of primary amides is 1. The van der Waals surface area contributed by atoms with Crippen molar-refractivity contribution in [2.45, 2.75) is 30.7 Å². The molecule has 116 valence electrons. The smallest absolute Gasteiger partial charge is 0.248 e. The number of amides is 1. The molecular weight excluding hydrogens is 282 g/mol. The second-order valence-corrected chi connectivity index (χ2v) is 4.70. The fraction of sp³-hybridized carbons (Fsp3) is 0.462. The molecule has 0 saturated carbocycles. The van der Waals surface area contributed by atoms with Gasteiger partial charge in [-0.1, -0.05) is 0 Å². The molecular formula is C13H17NO7. The first kappa shape index (κ1) is 15.7. The van der Waals surface area contributed by atoms with Gasteiger partial charge in [0.25, 0.3) is 0 Å². The second kappa shape index (κ2) is 6.37. The van der Waals surface area contributed by atoms with Gasteiger partial charge in [-0.3, -0.25) is 4.79 Å². The molecule has 1 aliphatic rings.